The standard InChI is InChI=1S/C19H14FN3O3/c20-14-6-2-1-5-12(14)9-18(25)26-11-17(24)13(10-21)19-22-15-7-3-4-8-16(15)23-19/h1-8,24H,9,11H2,(H,22,23)/b17-13-. The number of carbonyl (C=O) groups is 1. The van der Waals surface area contributed by atoms with Crippen LogP contribution in [-0.2, 0) is 16.0 Å². The van der Waals surface area contributed by atoms with Gasteiger partial charge < -0.3 is 14.8 Å². The number of halogens is 1. The Morgan fingerprint density at radius 1 is 1.23 bits per heavy atom. The van der Waals surface area contributed by atoms with Crippen molar-refractivity contribution in [3.8, 4) is 6.07 Å². The summed E-state index contributed by atoms with van der Waals surface area (Å²) >= 11 is 0. The van der Waals surface area contributed by atoms with Gasteiger partial charge in [-0.15, -0.1) is 0 Å². The maximum atomic E-state index is 13.5. The first-order valence-corrected chi connectivity index (χ1v) is 7.75. The highest BCUT2D eigenvalue weighted by Crippen LogP contribution is 2.19. The van der Waals surface area contributed by atoms with Crippen molar-refractivity contribution in [2.45, 2.75) is 6.42 Å². The minimum atomic E-state index is -0.719. The van der Waals surface area contributed by atoms with E-state index in [1.165, 1.54) is 18.2 Å². The molecule has 0 aliphatic heterocycles. The summed E-state index contributed by atoms with van der Waals surface area (Å²) in [6.45, 7) is -0.507. The predicted octanol–water partition coefficient (Wildman–Crippen LogP) is 3.28. The SMILES string of the molecule is N#C/C(=C(/O)COC(=O)Cc1ccccc1F)c1nc2ccccc2[nH]1. The molecule has 2 N–H and O–H groups in total. The van der Waals surface area contributed by atoms with E-state index < -0.39 is 24.2 Å². The third kappa shape index (κ3) is 3.70. The van der Waals surface area contributed by atoms with Crippen LogP contribution in [0.2, 0.25) is 0 Å². The third-order valence-corrected chi connectivity index (χ3v) is 3.69. The molecule has 130 valence electrons. The second kappa shape index (κ2) is 7.49. The number of nitrogens with one attached hydrogen (secondary N) is 1. The second-order valence-electron chi connectivity index (χ2n) is 5.46. The summed E-state index contributed by atoms with van der Waals surface area (Å²) in [4.78, 5) is 19.0. The molecule has 6 nitrogen and oxygen atoms in total. The number of aliphatic hydroxyl groups excluding tert-OH is 1. The number of H-pyrrole nitrogens is 1. The lowest BCUT2D eigenvalue weighted by Crippen LogP contribution is -2.12. The fraction of sp³-hybridized carbons (Fsp3) is 0.105. The molecule has 0 saturated heterocycles. The van der Waals surface area contributed by atoms with E-state index in [0.29, 0.717) is 11.0 Å². The van der Waals surface area contributed by atoms with Crippen LogP contribution in [0.5, 0.6) is 0 Å². The van der Waals surface area contributed by atoms with Crippen molar-refractivity contribution < 1.29 is 19.0 Å². The monoisotopic (exact) mass is 351 g/mol. The van der Waals surface area contributed by atoms with Crippen molar-refractivity contribution in [3.63, 3.8) is 0 Å². The Labute approximate surface area is 148 Å². The summed E-state index contributed by atoms with van der Waals surface area (Å²) < 4.78 is 18.5. The van der Waals surface area contributed by atoms with Crippen molar-refractivity contribution in [3.05, 3.63) is 71.5 Å². The molecule has 0 radical (unpaired) electrons. The molecule has 26 heavy (non-hydrogen) atoms. The first kappa shape index (κ1) is 17.2. The van der Waals surface area contributed by atoms with E-state index in [2.05, 4.69) is 9.97 Å². The zero-order valence-corrected chi connectivity index (χ0v) is 13.6. The number of aliphatic hydroxyl groups is 1. The minimum Gasteiger partial charge on any atom is -0.507 e. The van der Waals surface area contributed by atoms with Gasteiger partial charge in [-0.25, -0.2) is 9.37 Å². The lowest BCUT2D eigenvalue weighted by Gasteiger charge is -2.06. The van der Waals surface area contributed by atoms with E-state index in [0.717, 1.165) is 0 Å². The fourth-order valence-corrected chi connectivity index (χ4v) is 2.39. The molecule has 1 heterocycles. The van der Waals surface area contributed by atoms with Crippen LogP contribution in [-0.4, -0.2) is 27.7 Å². The molecule has 2 aromatic carbocycles. The molecule has 7 heteroatoms. The van der Waals surface area contributed by atoms with E-state index >= 15 is 0 Å². The van der Waals surface area contributed by atoms with Gasteiger partial charge in [-0.3, -0.25) is 4.79 Å². The smallest absolute Gasteiger partial charge is 0.310 e. The number of aromatic nitrogens is 2. The Bertz CT molecular complexity index is 1000. The first-order valence-electron chi connectivity index (χ1n) is 7.75. The number of rotatable bonds is 5. The average Bonchev–Trinajstić information content (AvgIpc) is 3.06. The van der Waals surface area contributed by atoms with Gasteiger partial charge in [-0.05, 0) is 23.8 Å². The number of ether oxygens (including phenoxy) is 1. The molecule has 0 bridgehead atoms. The number of hydrogen-bond acceptors (Lipinski definition) is 5. The molecular weight excluding hydrogens is 337 g/mol. The number of para-hydroxylation sites is 2. The zero-order valence-electron chi connectivity index (χ0n) is 13.6. The van der Waals surface area contributed by atoms with Crippen molar-refractivity contribution >= 4 is 22.6 Å². The lowest BCUT2D eigenvalue weighted by molar-refractivity contribution is -0.142. The quantitative estimate of drug-likeness (QED) is 0.417. The number of aromatic amines is 1. The Morgan fingerprint density at radius 3 is 2.69 bits per heavy atom. The molecule has 0 aliphatic rings. The highest BCUT2D eigenvalue weighted by molar-refractivity contribution is 5.83. The molecule has 3 rings (SSSR count). The number of hydrogen-bond donors (Lipinski definition) is 2. The molecule has 0 spiro atoms. The van der Waals surface area contributed by atoms with Gasteiger partial charge in [0.05, 0.1) is 17.5 Å². The molecule has 1 aromatic heterocycles. The van der Waals surface area contributed by atoms with Gasteiger partial charge in [-0.2, -0.15) is 5.26 Å². The van der Waals surface area contributed by atoms with Gasteiger partial charge >= 0.3 is 5.97 Å². The average molecular weight is 351 g/mol. The summed E-state index contributed by atoms with van der Waals surface area (Å²) in [5.74, 6) is -1.49. The van der Waals surface area contributed by atoms with E-state index in [1.54, 1.807) is 24.3 Å². The molecule has 0 unspecified atom stereocenters. The maximum absolute atomic E-state index is 13.5. The Hall–Kier alpha value is -3.66. The number of carbonyl (C=O) groups excluding carboxylic acids is 1. The molecule has 0 atom stereocenters. The van der Waals surface area contributed by atoms with Crippen LogP contribution < -0.4 is 0 Å². The largest absolute Gasteiger partial charge is 0.507 e. The summed E-state index contributed by atoms with van der Waals surface area (Å²) in [6, 6.07) is 14.8. The van der Waals surface area contributed by atoms with Crippen LogP contribution in [0.15, 0.2) is 54.3 Å². The van der Waals surface area contributed by atoms with E-state index in [-0.39, 0.29) is 23.4 Å². The van der Waals surface area contributed by atoms with E-state index in [1.807, 2.05) is 12.1 Å². The van der Waals surface area contributed by atoms with Crippen LogP contribution in [0.3, 0.4) is 0 Å². The highest BCUT2D eigenvalue weighted by Gasteiger charge is 2.15. The third-order valence-electron chi connectivity index (χ3n) is 3.69. The topological polar surface area (TPSA) is 99.0 Å². The van der Waals surface area contributed by atoms with E-state index in [9.17, 15) is 19.6 Å². The van der Waals surface area contributed by atoms with Crippen LogP contribution >= 0.6 is 0 Å². The van der Waals surface area contributed by atoms with Crippen LogP contribution in [0.4, 0.5) is 4.39 Å². The van der Waals surface area contributed by atoms with Gasteiger partial charge in [0.25, 0.3) is 0 Å². The molecule has 3 aromatic rings. The minimum absolute atomic E-state index is 0.125. The number of allylic oxidation sites excluding steroid dienone is 1. The van der Waals surface area contributed by atoms with Crippen LogP contribution in [0.1, 0.15) is 11.4 Å². The van der Waals surface area contributed by atoms with Crippen molar-refractivity contribution in [2.75, 3.05) is 6.61 Å². The fourth-order valence-electron chi connectivity index (χ4n) is 2.39. The molecular formula is C19H14FN3O3. The molecule has 0 amide bonds. The summed E-state index contributed by atoms with van der Waals surface area (Å²) in [7, 11) is 0. The molecule has 0 aliphatic carbocycles. The highest BCUT2D eigenvalue weighted by atomic mass is 19.1. The number of benzene rings is 2. The van der Waals surface area contributed by atoms with Crippen molar-refractivity contribution in [2.24, 2.45) is 0 Å². The zero-order chi connectivity index (χ0) is 18.5. The summed E-state index contributed by atoms with van der Waals surface area (Å²) in [6.07, 6.45) is -0.271. The van der Waals surface area contributed by atoms with Gasteiger partial charge in [0.15, 0.2) is 11.6 Å². The van der Waals surface area contributed by atoms with Crippen molar-refractivity contribution in [1.82, 2.24) is 9.97 Å². The predicted molar refractivity (Wildman–Crippen MR) is 92.3 cm³/mol. The van der Waals surface area contributed by atoms with Gasteiger partial charge in [0, 0.05) is 0 Å². The molecule has 0 saturated carbocycles. The number of fused-ring (bicyclic) bond motifs is 1. The normalized spacial score (nSPS) is 11.7. The Kier molecular flexibility index (Phi) is 4.94. The maximum Gasteiger partial charge on any atom is 0.310 e. The second-order valence-corrected chi connectivity index (χ2v) is 5.46. The van der Waals surface area contributed by atoms with E-state index in [4.69, 9.17) is 4.74 Å². The van der Waals surface area contributed by atoms with Gasteiger partial charge in [-0.1, -0.05) is 30.3 Å². The Balaban J connectivity index is 1.72. The Morgan fingerprint density at radius 2 is 1.96 bits per heavy atom. The van der Waals surface area contributed by atoms with Crippen LogP contribution in [0, 0.1) is 17.1 Å². The van der Waals surface area contributed by atoms with Crippen molar-refractivity contribution in [1.29, 1.82) is 5.26 Å². The number of esters is 1. The summed E-state index contributed by atoms with van der Waals surface area (Å²) in [5.41, 5.74) is 1.41. The molecule has 0 fully saturated rings. The number of nitriles is 1. The first-order chi connectivity index (χ1) is 12.6. The number of nitrogens with zero attached hydrogens (tertiary/aromatic N) is 2. The lowest BCUT2D eigenvalue weighted by atomic mass is 10.1. The van der Waals surface area contributed by atoms with Crippen LogP contribution in [0.25, 0.3) is 16.6 Å². The van der Waals surface area contributed by atoms with Gasteiger partial charge in [0.2, 0.25) is 0 Å². The summed E-state index contributed by atoms with van der Waals surface area (Å²) in [5, 5.41) is 19.4. The number of imidazole rings is 1. The van der Waals surface area contributed by atoms with Gasteiger partial charge in [0.1, 0.15) is 24.1 Å².